The lowest BCUT2D eigenvalue weighted by atomic mass is 10.1. The van der Waals surface area contributed by atoms with E-state index < -0.39 is 0 Å². The summed E-state index contributed by atoms with van der Waals surface area (Å²) in [5.74, 6) is 0.715. The third-order valence-corrected chi connectivity index (χ3v) is 2.80. The topological polar surface area (TPSA) is 54.2 Å². The monoisotopic (exact) mass is 210 g/mol. The first-order chi connectivity index (χ1) is 7.34. The second-order valence-electron chi connectivity index (χ2n) is 4.14. The summed E-state index contributed by atoms with van der Waals surface area (Å²) in [6, 6.07) is 0.617. The van der Waals surface area contributed by atoms with E-state index in [0.717, 1.165) is 19.5 Å². The average molecular weight is 210 g/mol. The van der Waals surface area contributed by atoms with E-state index in [1.807, 2.05) is 0 Å². The molecule has 1 saturated heterocycles. The minimum absolute atomic E-state index is 0.617. The van der Waals surface area contributed by atoms with Gasteiger partial charge >= 0.3 is 0 Å². The van der Waals surface area contributed by atoms with Crippen molar-refractivity contribution in [2.24, 2.45) is 0 Å². The SMILES string of the molecule is CN1CCCC(NCCc2ncno2)C1. The van der Waals surface area contributed by atoms with E-state index in [4.69, 9.17) is 4.52 Å². The highest BCUT2D eigenvalue weighted by Gasteiger charge is 2.16. The number of piperidine rings is 1. The van der Waals surface area contributed by atoms with Gasteiger partial charge in [0.1, 0.15) is 0 Å². The minimum atomic E-state index is 0.617. The number of hydrogen-bond donors (Lipinski definition) is 1. The molecule has 1 unspecified atom stereocenters. The molecule has 0 radical (unpaired) electrons. The van der Waals surface area contributed by atoms with E-state index in [1.165, 1.54) is 25.7 Å². The van der Waals surface area contributed by atoms with E-state index in [9.17, 15) is 0 Å². The maximum absolute atomic E-state index is 4.93. The van der Waals surface area contributed by atoms with E-state index >= 15 is 0 Å². The van der Waals surface area contributed by atoms with Crippen molar-refractivity contribution in [1.29, 1.82) is 0 Å². The average Bonchev–Trinajstić information content (AvgIpc) is 2.71. The summed E-state index contributed by atoms with van der Waals surface area (Å²) in [6.07, 6.45) is 4.83. The van der Waals surface area contributed by atoms with Gasteiger partial charge in [-0.05, 0) is 26.4 Å². The second kappa shape index (κ2) is 5.23. The van der Waals surface area contributed by atoms with Crippen molar-refractivity contribution < 1.29 is 4.52 Å². The smallest absolute Gasteiger partial charge is 0.227 e. The molecule has 1 N–H and O–H groups in total. The van der Waals surface area contributed by atoms with Crippen LogP contribution in [0.15, 0.2) is 10.9 Å². The highest BCUT2D eigenvalue weighted by Crippen LogP contribution is 2.07. The molecule has 1 fully saturated rings. The normalized spacial score (nSPS) is 23.1. The van der Waals surface area contributed by atoms with Crippen molar-refractivity contribution >= 4 is 0 Å². The Balaban J connectivity index is 1.65. The molecule has 1 aliphatic rings. The Morgan fingerprint density at radius 3 is 3.33 bits per heavy atom. The van der Waals surface area contributed by atoms with E-state index in [0.29, 0.717) is 11.9 Å². The number of likely N-dealkylation sites (N-methyl/N-ethyl adjacent to an activating group) is 1. The molecule has 1 aliphatic heterocycles. The van der Waals surface area contributed by atoms with E-state index in [2.05, 4.69) is 27.4 Å². The van der Waals surface area contributed by atoms with Gasteiger partial charge in [-0.3, -0.25) is 0 Å². The van der Waals surface area contributed by atoms with Gasteiger partial charge in [0, 0.05) is 25.6 Å². The molecule has 84 valence electrons. The predicted molar refractivity (Wildman–Crippen MR) is 56.5 cm³/mol. The molecule has 2 heterocycles. The minimum Gasteiger partial charge on any atom is -0.340 e. The Morgan fingerprint density at radius 2 is 2.60 bits per heavy atom. The van der Waals surface area contributed by atoms with Crippen molar-refractivity contribution in [3.63, 3.8) is 0 Å². The van der Waals surface area contributed by atoms with Crippen LogP contribution in [0.2, 0.25) is 0 Å². The number of nitrogens with one attached hydrogen (secondary N) is 1. The van der Waals surface area contributed by atoms with Crippen LogP contribution in [0.25, 0.3) is 0 Å². The molecule has 0 amide bonds. The molecular weight excluding hydrogens is 192 g/mol. The first-order valence-corrected chi connectivity index (χ1v) is 5.52. The zero-order chi connectivity index (χ0) is 10.5. The fourth-order valence-electron chi connectivity index (χ4n) is 2.02. The fourth-order valence-corrected chi connectivity index (χ4v) is 2.02. The molecule has 5 nitrogen and oxygen atoms in total. The molecule has 0 bridgehead atoms. The van der Waals surface area contributed by atoms with E-state index in [1.54, 1.807) is 0 Å². The van der Waals surface area contributed by atoms with Gasteiger partial charge in [0.05, 0.1) is 0 Å². The Labute approximate surface area is 89.8 Å². The third-order valence-electron chi connectivity index (χ3n) is 2.80. The maximum Gasteiger partial charge on any atom is 0.227 e. The summed E-state index contributed by atoms with van der Waals surface area (Å²) in [7, 11) is 2.17. The number of rotatable bonds is 4. The van der Waals surface area contributed by atoms with Crippen LogP contribution in [0.5, 0.6) is 0 Å². The zero-order valence-corrected chi connectivity index (χ0v) is 9.15. The predicted octanol–water partition coefficient (Wildman–Crippen LogP) is 0.296. The summed E-state index contributed by atoms with van der Waals surface area (Å²) >= 11 is 0. The molecule has 1 aromatic heterocycles. The summed E-state index contributed by atoms with van der Waals surface area (Å²) in [5, 5.41) is 7.10. The van der Waals surface area contributed by atoms with Gasteiger partial charge in [0.2, 0.25) is 5.89 Å². The third kappa shape index (κ3) is 3.28. The largest absolute Gasteiger partial charge is 0.340 e. The Hall–Kier alpha value is -0.940. The molecule has 0 spiro atoms. The second-order valence-corrected chi connectivity index (χ2v) is 4.14. The maximum atomic E-state index is 4.93. The summed E-state index contributed by atoms with van der Waals surface area (Å²) < 4.78 is 4.93. The van der Waals surface area contributed by atoms with Gasteiger partial charge in [-0.25, -0.2) is 0 Å². The van der Waals surface area contributed by atoms with Crippen LogP contribution in [0.1, 0.15) is 18.7 Å². The van der Waals surface area contributed by atoms with Crippen LogP contribution >= 0.6 is 0 Å². The lowest BCUT2D eigenvalue weighted by molar-refractivity contribution is 0.227. The van der Waals surface area contributed by atoms with Crippen molar-refractivity contribution in [1.82, 2.24) is 20.4 Å². The Bertz CT molecular complexity index is 275. The van der Waals surface area contributed by atoms with Crippen LogP contribution in [-0.4, -0.2) is 47.8 Å². The van der Waals surface area contributed by atoms with Crippen LogP contribution in [0.4, 0.5) is 0 Å². The fraction of sp³-hybridized carbons (Fsp3) is 0.800. The lowest BCUT2D eigenvalue weighted by Crippen LogP contribution is -2.44. The summed E-state index contributed by atoms with van der Waals surface area (Å²) in [6.45, 7) is 3.28. The van der Waals surface area contributed by atoms with E-state index in [-0.39, 0.29) is 0 Å². The molecule has 2 rings (SSSR count). The quantitative estimate of drug-likeness (QED) is 0.774. The Kier molecular flexibility index (Phi) is 3.69. The van der Waals surface area contributed by atoms with Gasteiger partial charge in [-0.2, -0.15) is 4.98 Å². The molecule has 15 heavy (non-hydrogen) atoms. The van der Waals surface area contributed by atoms with Crippen LogP contribution in [0, 0.1) is 0 Å². The first-order valence-electron chi connectivity index (χ1n) is 5.52. The first kappa shape index (κ1) is 10.6. The zero-order valence-electron chi connectivity index (χ0n) is 9.15. The van der Waals surface area contributed by atoms with Crippen LogP contribution < -0.4 is 5.32 Å². The molecule has 1 aromatic rings. The Morgan fingerprint density at radius 1 is 1.67 bits per heavy atom. The molecule has 1 atom stereocenters. The standard InChI is InChI=1S/C10H18N4O/c1-14-6-2-3-9(7-14)11-5-4-10-12-8-13-15-10/h8-9,11H,2-7H2,1H3. The van der Waals surface area contributed by atoms with Crippen molar-refractivity contribution in [2.75, 3.05) is 26.7 Å². The molecular formula is C10H18N4O. The molecule has 0 saturated carbocycles. The van der Waals surface area contributed by atoms with Crippen LogP contribution in [-0.2, 0) is 6.42 Å². The van der Waals surface area contributed by atoms with Gasteiger partial charge in [-0.15, -0.1) is 0 Å². The highest BCUT2D eigenvalue weighted by molar-refractivity contribution is 4.80. The summed E-state index contributed by atoms with van der Waals surface area (Å²) in [5.41, 5.74) is 0. The van der Waals surface area contributed by atoms with Crippen LogP contribution in [0.3, 0.4) is 0 Å². The van der Waals surface area contributed by atoms with Gasteiger partial charge in [0.25, 0.3) is 0 Å². The van der Waals surface area contributed by atoms with Gasteiger partial charge in [0.15, 0.2) is 6.33 Å². The van der Waals surface area contributed by atoms with Gasteiger partial charge in [-0.1, -0.05) is 5.16 Å². The number of likely N-dealkylation sites (tertiary alicyclic amines) is 1. The number of nitrogens with zero attached hydrogens (tertiary/aromatic N) is 3. The highest BCUT2D eigenvalue weighted by atomic mass is 16.5. The van der Waals surface area contributed by atoms with Gasteiger partial charge < -0.3 is 14.7 Å². The number of hydrogen-bond acceptors (Lipinski definition) is 5. The van der Waals surface area contributed by atoms with Crippen molar-refractivity contribution in [2.45, 2.75) is 25.3 Å². The van der Waals surface area contributed by atoms with Crippen molar-refractivity contribution in [3.8, 4) is 0 Å². The number of aromatic nitrogens is 2. The molecule has 0 aliphatic carbocycles. The lowest BCUT2D eigenvalue weighted by Gasteiger charge is -2.30. The molecule has 5 heteroatoms. The van der Waals surface area contributed by atoms with Crippen molar-refractivity contribution in [3.05, 3.63) is 12.2 Å². The summed E-state index contributed by atoms with van der Waals surface area (Å²) in [4.78, 5) is 6.35. The molecule has 0 aromatic carbocycles.